The number of likely N-dealkylation sites (tertiary alicyclic amines) is 1. The lowest BCUT2D eigenvalue weighted by Crippen LogP contribution is -2.41. The van der Waals surface area contributed by atoms with Crippen molar-refractivity contribution in [3.63, 3.8) is 0 Å². The van der Waals surface area contributed by atoms with E-state index in [4.69, 9.17) is 16.2 Å². The Balaban J connectivity index is 1.82. The van der Waals surface area contributed by atoms with Crippen LogP contribution in [0.3, 0.4) is 0 Å². The third-order valence-corrected chi connectivity index (χ3v) is 5.92. The Bertz CT molecular complexity index is 1340. The smallest absolute Gasteiger partial charge is 0.401 e. The Morgan fingerprint density at radius 1 is 1.24 bits per heavy atom. The number of ether oxygens (including phenoxy) is 1. The second-order valence-electron chi connectivity index (χ2n) is 8.98. The van der Waals surface area contributed by atoms with Crippen molar-refractivity contribution in [3.8, 4) is 11.6 Å². The summed E-state index contributed by atoms with van der Waals surface area (Å²) < 4.78 is 58.2. The van der Waals surface area contributed by atoms with Crippen LogP contribution in [0, 0.1) is 5.82 Å². The lowest BCUT2D eigenvalue weighted by Gasteiger charge is -2.30. The molecular weight excluding hydrogens is 548 g/mol. The van der Waals surface area contributed by atoms with Gasteiger partial charge in [0.1, 0.15) is 5.69 Å². The molecule has 1 fully saturated rings. The summed E-state index contributed by atoms with van der Waals surface area (Å²) in [5.74, 6) is -2.74. The van der Waals surface area contributed by atoms with Crippen molar-refractivity contribution in [3.05, 3.63) is 60.0 Å². The van der Waals surface area contributed by atoms with Gasteiger partial charge < -0.3 is 26.8 Å². The molecule has 1 aromatic heterocycles. The average Bonchev–Trinajstić information content (AvgIpc) is 2.92. The van der Waals surface area contributed by atoms with Crippen LogP contribution in [0.1, 0.15) is 35.9 Å². The van der Waals surface area contributed by atoms with Crippen LogP contribution in [0.5, 0.6) is 11.6 Å². The van der Waals surface area contributed by atoms with Gasteiger partial charge in [-0.15, -0.1) is 0 Å². The molecule has 0 aliphatic carbocycles. The maximum Gasteiger partial charge on any atom is 0.401 e. The molecule has 2 aromatic rings. The molecule has 1 saturated heterocycles. The van der Waals surface area contributed by atoms with E-state index in [9.17, 15) is 27.2 Å². The van der Waals surface area contributed by atoms with Gasteiger partial charge in [0.05, 0.1) is 18.3 Å². The monoisotopic (exact) mass is 578 g/mol. The number of piperidine rings is 1. The van der Waals surface area contributed by atoms with E-state index in [-0.39, 0.29) is 65.8 Å². The third kappa shape index (κ3) is 8.99. The Morgan fingerprint density at radius 3 is 2.54 bits per heavy atom. The Hall–Kier alpha value is -4.53. The maximum absolute atomic E-state index is 14.6. The van der Waals surface area contributed by atoms with E-state index in [1.807, 2.05) is 0 Å². The SMILES string of the molecule is C=CC(=O)Nc1ccc(F)c(Oc2nc(NC(C=NC3CCN(CC(F)(F)F)CC3)=CN)c(C(N)=O)nc2CC)c1. The number of carbonyl (C=O) groups is 2. The minimum Gasteiger partial charge on any atom is -0.434 e. The molecule has 15 heteroatoms. The van der Waals surface area contributed by atoms with Crippen LogP contribution < -0.4 is 26.8 Å². The Morgan fingerprint density at radius 2 is 1.95 bits per heavy atom. The number of amides is 2. The van der Waals surface area contributed by atoms with Crippen LogP contribution in [0.2, 0.25) is 0 Å². The van der Waals surface area contributed by atoms with Gasteiger partial charge in [-0.2, -0.15) is 18.2 Å². The first-order chi connectivity index (χ1) is 19.4. The summed E-state index contributed by atoms with van der Waals surface area (Å²) in [4.78, 5) is 38.0. The maximum atomic E-state index is 14.6. The third-order valence-electron chi connectivity index (χ3n) is 5.92. The van der Waals surface area contributed by atoms with Crippen molar-refractivity contribution in [2.45, 2.75) is 38.4 Å². The molecule has 0 unspecified atom stereocenters. The number of alkyl halides is 3. The molecule has 11 nitrogen and oxygen atoms in total. The number of halogens is 4. The number of rotatable bonds is 11. The molecule has 6 N–H and O–H groups in total. The molecule has 2 amide bonds. The summed E-state index contributed by atoms with van der Waals surface area (Å²) in [7, 11) is 0. The molecule has 0 bridgehead atoms. The minimum absolute atomic E-state index is 0.142. The van der Waals surface area contributed by atoms with Crippen molar-refractivity contribution in [1.82, 2.24) is 14.9 Å². The molecule has 0 spiro atoms. The molecule has 41 heavy (non-hydrogen) atoms. The zero-order valence-corrected chi connectivity index (χ0v) is 22.2. The highest BCUT2D eigenvalue weighted by molar-refractivity contribution is 5.99. The normalized spacial score (nSPS) is 15.1. The molecule has 0 saturated carbocycles. The van der Waals surface area contributed by atoms with E-state index in [0.717, 1.165) is 18.3 Å². The van der Waals surface area contributed by atoms with Crippen LogP contribution in [-0.4, -0.2) is 64.7 Å². The predicted octanol–water partition coefficient (Wildman–Crippen LogP) is 3.50. The first-order valence-corrected chi connectivity index (χ1v) is 12.5. The van der Waals surface area contributed by atoms with Crippen molar-refractivity contribution < 1.29 is 31.9 Å². The molecule has 0 atom stereocenters. The van der Waals surface area contributed by atoms with Gasteiger partial charge in [0.15, 0.2) is 23.1 Å². The molecule has 1 aromatic carbocycles. The molecule has 3 rings (SSSR count). The number of benzene rings is 1. The van der Waals surface area contributed by atoms with E-state index in [1.54, 1.807) is 6.92 Å². The second kappa shape index (κ2) is 13.7. The van der Waals surface area contributed by atoms with Crippen molar-refractivity contribution in [2.24, 2.45) is 16.5 Å². The number of nitrogens with two attached hydrogens (primary N) is 2. The fraction of sp³-hybridized carbons (Fsp3) is 0.346. The topological polar surface area (TPSA) is 161 Å². The summed E-state index contributed by atoms with van der Waals surface area (Å²) in [6.45, 7) is 4.58. The van der Waals surface area contributed by atoms with Crippen molar-refractivity contribution >= 4 is 29.5 Å². The quantitative estimate of drug-likeness (QED) is 0.179. The van der Waals surface area contributed by atoms with Gasteiger partial charge in [-0.3, -0.25) is 19.5 Å². The molecule has 1 aliphatic rings. The number of allylic oxidation sites excluding steroid dienone is 1. The largest absolute Gasteiger partial charge is 0.434 e. The van der Waals surface area contributed by atoms with Crippen molar-refractivity contribution in [1.29, 1.82) is 0 Å². The number of aliphatic imine (C=N–C) groups is 1. The molecular formula is C26H30F4N8O3. The number of hydrogen-bond donors (Lipinski definition) is 4. The first-order valence-electron chi connectivity index (χ1n) is 12.5. The lowest BCUT2D eigenvalue weighted by atomic mass is 10.1. The number of nitrogens with zero attached hydrogens (tertiary/aromatic N) is 4. The fourth-order valence-corrected chi connectivity index (χ4v) is 3.90. The van der Waals surface area contributed by atoms with Gasteiger partial charge >= 0.3 is 6.18 Å². The molecule has 0 radical (unpaired) electrons. The second-order valence-corrected chi connectivity index (χ2v) is 8.98. The highest BCUT2D eigenvalue weighted by Gasteiger charge is 2.32. The fourth-order valence-electron chi connectivity index (χ4n) is 3.90. The summed E-state index contributed by atoms with van der Waals surface area (Å²) >= 11 is 0. The highest BCUT2D eigenvalue weighted by atomic mass is 19.4. The first kappa shape index (κ1) is 31.0. The molecule has 2 heterocycles. The van der Waals surface area contributed by atoms with Crippen LogP contribution in [0.15, 0.2) is 47.7 Å². The van der Waals surface area contributed by atoms with Gasteiger partial charge in [0, 0.05) is 37.3 Å². The van der Waals surface area contributed by atoms with E-state index in [0.29, 0.717) is 12.8 Å². The lowest BCUT2D eigenvalue weighted by molar-refractivity contribution is -0.147. The Labute approximate surface area is 233 Å². The van der Waals surface area contributed by atoms with Gasteiger partial charge in [-0.05, 0) is 37.5 Å². The highest BCUT2D eigenvalue weighted by Crippen LogP contribution is 2.30. The standard InChI is InChI=1S/C26H30F4N8O3/c1-3-19-25(41-20-11-16(5-6-18(20)27)34-21(39)4-2)37-24(22(36-19)23(32)40)35-17(12-31)13-33-15-7-9-38(10-8-15)14-26(28,29)30/h4-6,11-13,15H,2-3,7-10,14,31H2,1H3,(H2,32,40)(H,34,39)(H,35,37). The zero-order valence-electron chi connectivity index (χ0n) is 22.2. The van der Waals surface area contributed by atoms with Crippen molar-refractivity contribution in [2.75, 3.05) is 30.3 Å². The van der Waals surface area contributed by atoms with Gasteiger partial charge in [-0.1, -0.05) is 13.5 Å². The predicted molar refractivity (Wildman–Crippen MR) is 145 cm³/mol. The number of anilines is 2. The minimum atomic E-state index is -4.26. The Kier molecular flexibility index (Phi) is 10.4. The zero-order chi connectivity index (χ0) is 30.2. The van der Waals surface area contributed by atoms with E-state index >= 15 is 0 Å². The van der Waals surface area contributed by atoms with Crippen LogP contribution in [-0.2, 0) is 11.2 Å². The van der Waals surface area contributed by atoms with E-state index < -0.39 is 30.4 Å². The van der Waals surface area contributed by atoms with Gasteiger partial charge in [0.2, 0.25) is 11.8 Å². The van der Waals surface area contributed by atoms with Crippen LogP contribution in [0.25, 0.3) is 0 Å². The number of primary amides is 1. The average molecular weight is 579 g/mol. The van der Waals surface area contributed by atoms with Gasteiger partial charge in [0.25, 0.3) is 5.91 Å². The van der Waals surface area contributed by atoms with Crippen LogP contribution in [0.4, 0.5) is 29.1 Å². The van der Waals surface area contributed by atoms with Gasteiger partial charge in [-0.25, -0.2) is 9.37 Å². The summed E-state index contributed by atoms with van der Waals surface area (Å²) in [5, 5.41) is 5.30. The number of aryl methyl sites for hydroxylation is 1. The van der Waals surface area contributed by atoms with E-state index in [1.165, 1.54) is 23.2 Å². The number of aromatic nitrogens is 2. The van der Waals surface area contributed by atoms with E-state index in [2.05, 4.69) is 32.2 Å². The summed E-state index contributed by atoms with van der Waals surface area (Å²) in [6.07, 6.45) is 0.375. The van der Waals surface area contributed by atoms with Crippen LogP contribution >= 0.6 is 0 Å². The molecule has 220 valence electrons. The number of hydrogen-bond acceptors (Lipinski definition) is 9. The number of carbonyl (C=O) groups excluding carboxylic acids is 2. The summed E-state index contributed by atoms with van der Waals surface area (Å²) in [5.41, 5.74) is 11.6. The summed E-state index contributed by atoms with van der Waals surface area (Å²) in [6, 6.07) is 3.42. The molecule has 1 aliphatic heterocycles. The number of nitrogens with one attached hydrogen (secondary N) is 2.